The summed E-state index contributed by atoms with van der Waals surface area (Å²) in [5, 5.41) is -1.00. The van der Waals surface area contributed by atoms with Gasteiger partial charge in [-0.15, -0.1) is 0 Å². The van der Waals surface area contributed by atoms with Gasteiger partial charge in [0, 0.05) is 25.7 Å². The molecule has 0 bridgehead atoms. The predicted molar refractivity (Wildman–Crippen MR) is 39.7 cm³/mol. The van der Waals surface area contributed by atoms with Gasteiger partial charge >= 0.3 is 0 Å². The molecule has 0 aromatic rings. The van der Waals surface area contributed by atoms with Crippen molar-refractivity contribution in [3.8, 4) is 0 Å². The van der Waals surface area contributed by atoms with E-state index in [4.69, 9.17) is 15.2 Å². The monoisotopic (exact) mass is 192 g/mol. The highest BCUT2D eigenvalue weighted by molar-refractivity contribution is 7.85. The van der Waals surface area contributed by atoms with Gasteiger partial charge in [0.25, 0.3) is 10.1 Å². The van der Waals surface area contributed by atoms with E-state index in [1.165, 1.54) is 0 Å². The molecule has 0 atom stereocenters. The van der Waals surface area contributed by atoms with E-state index in [2.05, 4.69) is 4.56 Å². The summed E-state index contributed by atoms with van der Waals surface area (Å²) in [5.74, 6) is -2.19. The van der Waals surface area contributed by atoms with E-state index < -0.39 is 46.8 Å². The Morgan fingerprint density at radius 3 is 3.27 bits per heavy atom. The molecule has 66 valence electrons. The number of rotatable bonds is 5. The van der Waals surface area contributed by atoms with Crippen LogP contribution in [0.5, 0.6) is 0 Å². The van der Waals surface area contributed by atoms with Gasteiger partial charge in [0.2, 0.25) is 7.34 Å². The first-order chi connectivity index (χ1) is 9.38. The molecule has 0 saturated heterocycles. The first-order valence-corrected chi connectivity index (χ1v) is 3.51. The van der Waals surface area contributed by atoms with Crippen LogP contribution in [-0.2, 0) is 14.9 Å². The SMILES string of the molecule is [2H]OS(=O)(=O)C([2H])([2H])C([2H])([2H])C([2H])([2H])N([2H])C(=O)C([2H])([2H])[2H]. The van der Waals surface area contributed by atoms with Crippen molar-refractivity contribution in [2.24, 2.45) is 0 Å². The topological polar surface area (TPSA) is 83.5 Å². The van der Waals surface area contributed by atoms with Crippen LogP contribution in [0.15, 0.2) is 0 Å². The Morgan fingerprint density at radius 2 is 2.73 bits per heavy atom. The Hall–Kier alpha value is -0.620. The molecule has 0 aliphatic carbocycles. The fourth-order valence-electron chi connectivity index (χ4n) is 0.164. The van der Waals surface area contributed by atoms with Gasteiger partial charge in [-0.25, -0.2) is 0 Å². The van der Waals surface area contributed by atoms with Crippen LogP contribution < -0.4 is 5.31 Å². The molecule has 0 aliphatic heterocycles. The molecule has 0 fully saturated rings. The Kier molecular flexibility index (Phi) is 0.859. The third-order valence-electron chi connectivity index (χ3n) is 0.389. The molecule has 11 heavy (non-hydrogen) atoms. The molecular weight excluding hydrogens is 170 g/mol. The number of carbonyl (C=O) groups is 1. The lowest BCUT2D eigenvalue weighted by Gasteiger charge is -1.98. The summed E-state index contributed by atoms with van der Waals surface area (Å²) in [5.41, 5.74) is -4.21. The van der Waals surface area contributed by atoms with Crippen molar-refractivity contribution in [2.45, 2.75) is 13.2 Å². The predicted octanol–water partition coefficient (Wildman–Crippen LogP) is -0.600. The third kappa shape index (κ3) is 9.38. The summed E-state index contributed by atoms with van der Waals surface area (Å²) in [6.45, 7) is -7.56. The van der Waals surface area contributed by atoms with Gasteiger partial charge in [0.15, 0.2) is 1.41 Å². The second-order valence-corrected chi connectivity index (χ2v) is 2.32. The van der Waals surface area contributed by atoms with Crippen molar-refractivity contribution in [2.75, 3.05) is 12.2 Å². The summed E-state index contributed by atoms with van der Waals surface area (Å²) in [4.78, 5) is 11.3. The maximum absolute atomic E-state index is 11.3. The largest absolute Gasteiger partial charge is 0.356 e. The molecule has 1 amide bonds. The van der Waals surface area contributed by atoms with E-state index in [-0.39, 0.29) is 0 Å². The second kappa shape index (κ2) is 4.30. The zero-order chi connectivity index (χ0) is 18.4. The van der Waals surface area contributed by atoms with E-state index in [1.807, 2.05) is 0 Å². The molecule has 0 saturated carbocycles. The van der Waals surface area contributed by atoms with Crippen molar-refractivity contribution in [1.29, 1.82) is 1.43 Å². The summed E-state index contributed by atoms with van der Waals surface area (Å²) >= 11 is 0. The van der Waals surface area contributed by atoms with Crippen LogP contribution in [0.4, 0.5) is 0 Å². The summed E-state index contributed by atoms with van der Waals surface area (Å²) in [6.07, 6.45) is -4.15. The molecule has 0 unspecified atom stereocenters. The van der Waals surface area contributed by atoms with Crippen molar-refractivity contribution in [3.05, 3.63) is 0 Å². The standard InChI is InChI=1S/C5H11NO4S/c1-5(7)6-3-2-4-11(8,9)10/h2-4H2,1H3,(H,6,7)(H,8,9,10)/i1D3,2D2,3D2,4D2/hD2. The van der Waals surface area contributed by atoms with Crippen LogP contribution in [0.3, 0.4) is 0 Å². The molecule has 0 aromatic heterocycles. The van der Waals surface area contributed by atoms with E-state index in [9.17, 15) is 13.2 Å². The third-order valence-corrected chi connectivity index (χ3v) is 0.741. The summed E-state index contributed by atoms with van der Waals surface area (Å²) in [6, 6.07) is 0. The summed E-state index contributed by atoms with van der Waals surface area (Å²) < 4.78 is 102. The van der Waals surface area contributed by atoms with Crippen molar-refractivity contribution in [1.82, 2.24) is 5.31 Å². The Bertz CT molecular complexity index is 539. The lowest BCUT2D eigenvalue weighted by molar-refractivity contribution is -0.118. The lowest BCUT2D eigenvalue weighted by Crippen LogP contribution is -2.22. The first-order valence-electron chi connectivity index (χ1n) is 7.46. The molecule has 0 heterocycles. The molecule has 2 N–H and O–H groups in total. The average molecular weight is 192 g/mol. The number of amides is 1. The van der Waals surface area contributed by atoms with Crippen LogP contribution in [0.1, 0.15) is 25.6 Å². The number of carbonyl (C=O) groups excluding carboxylic acids is 1. The molecule has 0 rings (SSSR count). The maximum atomic E-state index is 11.3. The number of hydrogen-bond donors (Lipinski definition) is 2. The van der Waals surface area contributed by atoms with Gasteiger partial charge < -0.3 is 5.31 Å². The van der Waals surface area contributed by atoms with E-state index in [1.54, 1.807) is 0 Å². The molecule has 6 heteroatoms. The quantitative estimate of drug-likeness (QED) is 0.570. The van der Waals surface area contributed by atoms with E-state index in [0.29, 0.717) is 0 Å². The van der Waals surface area contributed by atoms with Crippen LogP contribution >= 0.6 is 0 Å². The van der Waals surface area contributed by atoms with Crippen molar-refractivity contribution in [3.63, 3.8) is 0 Å². The fraction of sp³-hybridized carbons (Fsp3) is 0.800. The van der Waals surface area contributed by atoms with Crippen LogP contribution in [-0.4, -0.2) is 31.1 Å². The highest BCUT2D eigenvalue weighted by Gasteiger charge is 2.02. The highest BCUT2D eigenvalue weighted by atomic mass is 32.2. The van der Waals surface area contributed by atoms with E-state index >= 15 is 0 Å². The zero-order valence-corrected chi connectivity index (χ0v) is 5.80. The maximum Gasteiger partial charge on any atom is 0.264 e. The molecule has 0 aromatic carbocycles. The number of nitrogens with one attached hydrogen (secondary N) is 1. The molecule has 0 aliphatic rings. The Morgan fingerprint density at radius 1 is 2.00 bits per heavy atom. The highest BCUT2D eigenvalue weighted by Crippen LogP contribution is 1.85. The smallest absolute Gasteiger partial charge is 0.264 e. The minimum absolute atomic E-state index is 1.00. The molecular formula is C5H11NO4S. The van der Waals surface area contributed by atoms with Gasteiger partial charge in [0.05, 0.1) is 5.70 Å². The van der Waals surface area contributed by atoms with Gasteiger partial charge in [-0.1, -0.05) is 0 Å². The van der Waals surface area contributed by atoms with Crippen LogP contribution in [0, 0.1) is 0 Å². The second-order valence-electron chi connectivity index (χ2n) is 1.21. The molecule has 5 nitrogen and oxygen atoms in total. The molecule has 0 radical (unpaired) electrons. The minimum atomic E-state index is -5.61. The normalized spacial score (nSPS) is 30.7. The zero-order valence-electron chi connectivity index (χ0n) is 16.0. The van der Waals surface area contributed by atoms with Crippen molar-refractivity contribution < 1.29 is 31.5 Å². The Labute approximate surface area is 81.1 Å². The average Bonchev–Trinajstić information content (AvgIpc) is 2.34. The Balaban J connectivity index is 6.03. The minimum Gasteiger partial charge on any atom is -0.356 e. The van der Waals surface area contributed by atoms with Crippen LogP contribution in [0.2, 0.25) is 1.41 Å². The van der Waals surface area contributed by atoms with Crippen LogP contribution in [0.25, 0.3) is 1.43 Å². The van der Waals surface area contributed by atoms with Gasteiger partial charge in [-0.05, 0) is 6.37 Å². The van der Waals surface area contributed by atoms with Gasteiger partial charge in [-0.3, -0.25) is 9.35 Å². The van der Waals surface area contributed by atoms with Crippen molar-refractivity contribution >= 4 is 16.0 Å². The van der Waals surface area contributed by atoms with E-state index in [0.717, 1.165) is 0 Å². The van der Waals surface area contributed by atoms with Gasteiger partial charge in [0.1, 0.15) is 0 Å². The molecule has 0 spiro atoms. The fourth-order valence-corrected chi connectivity index (χ4v) is 0.335. The lowest BCUT2D eigenvalue weighted by atomic mass is 10.5. The van der Waals surface area contributed by atoms with Gasteiger partial charge in [-0.2, -0.15) is 8.42 Å². The summed E-state index contributed by atoms with van der Waals surface area (Å²) in [7, 11) is -5.61. The number of hydrogen-bond acceptors (Lipinski definition) is 4. The first kappa shape index (κ1) is 2.20.